The van der Waals surface area contributed by atoms with Gasteiger partial charge in [0.25, 0.3) is 5.91 Å². The van der Waals surface area contributed by atoms with E-state index in [0.29, 0.717) is 39.8 Å². The van der Waals surface area contributed by atoms with E-state index in [1.54, 1.807) is 36.4 Å². The average Bonchev–Trinajstić information content (AvgIpc) is 3.39. The molecule has 8 heteroatoms. The number of hydrogen-bond donors (Lipinski definition) is 1. The maximum Gasteiger partial charge on any atom is 0.271 e. The lowest BCUT2D eigenvalue weighted by Crippen LogP contribution is -2.19. The maximum atomic E-state index is 13.4. The van der Waals surface area contributed by atoms with E-state index >= 15 is 0 Å². The highest BCUT2D eigenvalue weighted by atomic mass is 35.5. The van der Waals surface area contributed by atoms with Crippen molar-refractivity contribution in [2.24, 2.45) is 5.10 Å². The lowest BCUT2D eigenvalue weighted by atomic mass is 10.2. The van der Waals surface area contributed by atoms with Crippen molar-refractivity contribution in [3.8, 4) is 11.5 Å². The molecule has 0 saturated carbocycles. The highest BCUT2D eigenvalue weighted by Crippen LogP contribution is 2.37. The Labute approximate surface area is 209 Å². The number of nitrogens with zero attached hydrogens (tertiary/aromatic N) is 2. The third-order valence-electron chi connectivity index (χ3n) is 5.58. The molecule has 0 atom stereocenters. The van der Waals surface area contributed by atoms with E-state index in [0.717, 1.165) is 18.8 Å². The lowest BCUT2D eigenvalue weighted by Gasteiger charge is -2.17. The molecule has 1 aliphatic rings. The zero-order chi connectivity index (χ0) is 24.6. The summed E-state index contributed by atoms with van der Waals surface area (Å²) < 4.78 is 24.9. The third-order valence-corrected chi connectivity index (χ3v) is 5.87. The van der Waals surface area contributed by atoms with Crippen LogP contribution in [0.15, 0.2) is 65.8 Å². The molecule has 3 aromatic carbocycles. The smallest absolute Gasteiger partial charge is 0.271 e. The number of anilines is 1. The SMILES string of the molecule is CCOc1cc(/C=N\NC(=O)c2ccc(N3CCCC3)cc2)cc(Cl)c1OCc1cccc(F)c1. The minimum atomic E-state index is -0.335. The zero-order valence-corrected chi connectivity index (χ0v) is 20.2. The topological polar surface area (TPSA) is 63.2 Å². The second kappa shape index (κ2) is 11.7. The zero-order valence-electron chi connectivity index (χ0n) is 19.5. The molecule has 1 saturated heterocycles. The summed E-state index contributed by atoms with van der Waals surface area (Å²) in [6.45, 7) is 4.49. The minimum absolute atomic E-state index is 0.137. The molecule has 35 heavy (non-hydrogen) atoms. The number of halogens is 2. The molecule has 1 heterocycles. The van der Waals surface area contributed by atoms with Crippen molar-refractivity contribution in [1.82, 2.24) is 5.43 Å². The highest BCUT2D eigenvalue weighted by Gasteiger charge is 2.14. The first-order chi connectivity index (χ1) is 17.0. The van der Waals surface area contributed by atoms with Gasteiger partial charge in [0.2, 0.25) is 0 Å². The van der Waals surface area contributed by atoms with Crippen LogP contribution in [0.5, 0.6) is 11.5 Å². The van der Waals surface area contributed by atoms with Crippen molar-refractivity contribution >= 4 is 29.4 Å². The quantitative estimate of drug-likeness (QED) is 0.300. The minimum Gasteiger partial charge on any atom is -0.490 e. The van der Waals surface area contributed by atoms with Gasteiger partial charge in [-0.3, -0.25) is 4.79 Å². The van der Waals surface area contributed by atoms with Gasteiger partial charge in [-0.1, -0.05) is 23.7 Å². The number of amides is 1. The Kier molecular flexibility index (Phi) is 8.21. The fourth-order valence-corrected chi connectivity index (χ4v) is 4.15. The van der Waals surface area contributed by atoms with E-state index in [1.165, 1.54) is 31.2 Å². The maximum absolute atomic E-state index is 13.4. The first kappa shape index (κ1) is 24.5. The molecule has 4 rings (SSSR count). The van der Waals surface area contributed by atoms with E-state index in [1.807, 2.05) is 19.1 Å². The Morgan fingerprint density at radius 3 is 2.60 bits per heavy atom. The normalized spacial score (nSPS) is 13.3. The summed E-state index contributed by atoms with van der Waals surface area (Å²) >= 11 is 6.44. The monoisotopic (exact) mass is 495 g/mol. The summed E-state index contributed by atoms with van der Waals surface area (Å²) in [7, 11) is 0. The molecule has 0 unspecified atom stereocenters. The predicted octanol–water partition coefficient (Wildman–Crippen LogP) is 5.82. The van der Waals surface area contributed by atoms with Gasteiger partial charge in [0, 0.05) is 24.3 Å². The van der Waals surface area contributed by atoms with Crippen LogP contribution in [0.3, 0.4) is 0 Å². The summed E-state index contributed by atoms with van der Waals surface area (Å²) in [4.78, 5) is 14.8. The van der Waals surface area contributed by atoms with Gasteiger partial charge in [0.15, 0.2) is 11.5 Å². The van der Waals surface area contributed by atoms with Crippen molar-refractivity contribution in [3.63, 3.8) is 0 Å². The first-order valence-corrected chi connectivity index (χ1v) is 11.9. The van der Waals surface area contributed by atoms with Gasteiger partial charge in [-0.25, -0.2) is 9.82 Å². The molecule has 0 aromatic heterocycles. The lowest BCUT2D eigenvalue weighted by molar-refractivity contribution is 0.0955. The number of benzene rings is 3. The molecule has 6 nitrogen and oxygen atoms in total. The number of ether oxygens (including phenoxy) is 2. The second-order valence-corrected chi connectivity index (χ2v) is 8.53. The number of carbonyl (C=O) groups excluding carboxylic acids is 1. The number of carbonyl (C=O) groups is 1. The van der Waals surface area contributed by atoms with Crippen molar-refractivity contribution in [2.45, 2.75) is 26.4 Å². The van der Waals surface area contributed by atoms with E-state index in [4.69, 9.17) is 21.1 Å². The van der Waals surface area contributed by atoms with Gasteiger partial charge in [-0.05, 0) is 79.4 Å². The molecular formula is C27H27ClFN3O3. The van der Waals surface area contributed by atoms with Crippen LogP contribution in [0.25, 0.3) is 0 Å². The van der Waals surface area contributed by atoms with Crippen molar-refractivity contribution in [3.05, 3.63) is 88.2 Å². The molecule has 1 N–H and O–H groups in total. The van der Waals surface area contributed by atoms with E-state index in [9.17, 15) is 9.18 Å². The molecule has 0 aliphatic carbocycles. The van der Waals surface area contributed by atoms with Crippen LogP contribution in [0, 0.1) is 5.82 Å². The molecule has 0 spiro atoms. The van der Waals surface area contributed by atoms with Crippen molar-refractivity contribution in [2.75, 3.05) is 24.6 Å². The molecular weight excluding hydrogens is 469 g/mol. The first-order valence-electron chi connectivity index (χ1n) is 11.6. The Morgan fingerprint density at radius 1 is 1.11 bits per heavy atom. The van der Waals surface area contributed by atoms with Crippen LogP contribution >= 0.6 is 11.6 Å². The molecule has 0 radical (unpaired) electrons. The van der Waals surface area contributed by atoms with Gasteiger partial charge >= 0.3 is 0 Å². The van der Waals surface area contributed by atoms with Crippen LogP contribution in [0.1, 0.15) is 41.3 Å². The average molecular weight is 496 g/mol. The number of hydrazone groups is 1. The molecule has 182 valence electrons. The van der Waals surface area contributed by atoms with E-state index < -0.39 is 0 Å². The Hall–Kier alpha value is -3.58. The van der Waals surface area contributed by atoms with Crippen LogP contribution in [-0.4, -0.2) is 31.8 Å². The van der Waals surface area contributed by atoms with Gasteiger partial charge in [0.05, 0.1) is 17.8 Å². The molecule has 1 amide bonds. The summed E-state index contributed by atoms with van der Waals surface area (Å²) in [5, 5.41) is 4.38. The molecule has 0 bridgehead atoms. The summed E-state index contributed by atoms with van der Waals surface area (Å²) in [6.07, 6.45) is 3.89. The van der Waals surface area contributed by atoms with Gasteiger partial charge in [0.1, 0.15) is 12.4 Å². The van der Waals surface area contributed by atoms with Crippen LogP contribution in [-0.2, 0) is 6.61 Å². The fraction of sp³-hybridized carbons (Fsp3) is 0.259. The van der Waals surface area contributed by atoms with E-state index in [-0.39, 0.29) is 18.3 Å². The fourth-order valence-electron chi connectivity index (χ4n) is 3.88. The van der Waals surface area contributed by atoms with Crippen LogP contribution in [0.2, 0.25) is 5.02 Å². The standard InChI is InChI=1S/C27H27ClFN3O3/c1-2-34-25-16-20(15-24(28)26(25)35-18-19-6-5-7-22(29)14-19)17-30-31-27(33)21-8-10-23(11-9-21)32-12-3-4-13-32/h5-11,14-17H,2-4,12-13,18H2,1H3,(H,31,33)/b30-17-. The van der Waals surface area contributed by atoms with Gasteiger partial charge < -0.3 is 14.4 Å². The highest BCUT2D eigenvalue weighted by molar-refractivity contribution is 6.32. The number of nitrogens with one attached hydrogen (secondary N) is 1. The van der Waals surface area contributed by atoms with Crippen LogP contribution < -0.4 is 19.8 Å². The summed E-state index contributed by atoms with van der Waals surface area (Å²) in [5.41, 5.74) is 5.49. The third kappa shape index (κ3) is 6.51. The molecule has 1 aliphatic heterocycles. The second-order valence-electron chi connectivity index (χ2n) is 8.12. The van der Waals surface area contributed by atoms with Gasteiger partial charge in [-0.2, -0.15) is 5.10 Å². The van der Waals surface area contributed by atoms with Crippen LogP contribution in [0.4, 0.5) is 10.1 Å². The largest absolute Gasteiger partial charge is 0.490 e. The number of hydrogen-bond acceptors (Lipinski definition) is 5. The van der Waals surface area contributed by atoms with Crippen molar-refractivity contribution < 1.29 is 18.7 Å². The van der Waals surface area contributed by atoms with E-state index in [2.05, 4.69) is 15.4 Å². The molecule has 1 fully saturated rings. The number of rotatable bonds is 9. The summed E-state index contributed by atoms with van der Waals surface area (Å²) in [6, 6.07) is 17.1. The van der Waals surface area contributed by atoms with Gasteiger partial charge in [-0.15, -0.1) is 0 Å². The Bertz CT molecular complexity index is 1190. The summed E-state index contributed by atoms with van der Waals surface area (Å²) in [5.74, 6) is 0.150. The molecule has 3 aromatic rings. The van der Waals surface area contributed by atoms with Crippen molar-refractivity contribution in [1.29, 1.82) is 0 Å². The predicted molar refractivity (Wildman–Crippen MR) is 136 cm³/mol. The Morgan fingerprint density at radius 2 is 1.89 bits per heavy atom. The Balaban J connectivity index is 1.40.